The summed E-state index contributed by atoms with van der Waals surface area (Å²) >= 11 is 0. The zero-order chi connectivity index (χ0) is 13.0. The lowest BCUT2D eigenvalue weighted by Crippen LogP contribution is -2.21. The van der Waals surface area contributed by atoms with Crippen LogP contribution in [0.1, 0.15) is 13.8 Å². The topological polar surface area (TPSA) is 54.5 Å². The van der Waals surface area contributed by atoms with Crippen molar-refractivity contribution in [3.8, 4) is 5.88 Å². The highest BCUT2D eigenvalue weighted by Gasteiger charge is 2.16. The van der Waals surface area contributed by atoms with Crippen molar-refractivity contribution in [2.24, 2.45) is 5.92 Å². The fourth-order valence-corrected chi connectivity index (χ4v) is 1.35. The minimum absolute atomic E-state index is 0.0561. The maximum atomic E-state index is 11.7. The number of methoxy groups -OCH3 is 1. The summed E-state index contributed by atoms with van der Waals surface area (Å²) in [6.45, 7) is 3.68. The standard InChI is InChI=1S/C12H19N3O2/c1-8(2)11(16)14-10-9(15(3)4)6-7-13-12(10)17-5/h6-8H,1-5H3,(H,14,16). The van der Waals surface area contributed by atoms with Gasteiger partial charge >= 0.3 is 0 Å². The van der Waals surface area contributed by atoms with Crippen LogP contribution in [-0.4, -0.2) is 32.1 Å². The lowest BCUT2D eigenvalue weighted by molar-refractivity contribution is -0.118. The lowest BCUT2D eigenvalue weighted by atomic mass is 10.2. The zero-order valence-electron chi connectivity index (χ0n) is 10.9. The van der Waals surface area contributed by atoms with E-state index in [1.54, 1.807) is 6.20 Å². The number of pyridine rings is 1. The Bertz CT molecular complexity index is 403. The number of anilines is 2. The first-order chi connectivity index (χ1) is 7.97. The van der Waals surface area contributed by atoms with Gasteiger partial charge in [0.25, 0.3) is 0 Å². The number of amides is 1. The van der Waals surface area contributed by atoms with Crippen molar-refractivity contribution in [3.05, 3.63) is 12.3 Å². The van der Waals surface area contributed by atoms with Crippen LogP contribution in [0.2, 0.25) is 0 Å². The van der Waals surface area contributed by atoms with Gasteiger partial charge in [-0.25, -0.2) is 4.98 Å². The third-order valence-electron chi connectivity index (χ3n) is 2.34. The SMILES string of the molecule is COc1nccc(N(C)C)c1NC(=O)C(C)C. The van der Waals surface area contributed by atoms with Gasteiger partial charge in [0.05, 0.1) is 12.8 Å². The van der Waals surface area contributed by atoms with Gasteiger partial charge in [-0.05, 0) is 6.07 Å². The number of carbonyl (C=O) groups excluding carboxylic acids is 1. The molecule has 94 valence electrons. The van der Waals surface area contributed by atoms with E-state index in [-0.39, 0.29) is 11.8 Å². The average Bonchev–Trinajstić information content (AvgIpc) is 2.28. The van der Waals surface area contributed by atoms with E-state index in [9.17, 15) is 4.79 Å². The Hall–Kier alpha value is -1.78. The molecule has 0 fully saturated rings. The maximum absolute atomic E-state index is 11.7. The predicted octanol–water partition coefficient (Wildman–Crippen LogP) is 1.75. The highest BCUT2D eigenvalue weighted by atomic mass is 16.5. The molecule has 0 aliphatic rings. The number of nitrogens with one attached hydrogen (secondary N) is 1. The van der Waals surface area contributed by atoms with E-state index in [4.69, 9.17) is 4.74 Å². The van der Waals surface area contributed by atoms with Gasteiger partial charge < -0.3 is 15.0 Å². The van der Waals surface area contributed by atoms with E-state index in [0.717, 1.165) is 5.69 Å². The number of rotatable bonds is 4. The second kappa shape index (κ2) is 5.52. The molecule has 0 atom stereocenters. The quantitative estimate of drug-likeness (QED) is 0.866. The first-order valence-corrected chi connectivity index (χ1v) is 5.48. The number of carbonyl (C=O) groups is 1. The van der Waals surface area contributed by atoms with E-state index in [2.05, 4.69) is 10.3 Å². The number of hydrogen-bond donors (Lipinski definition) is 1. The van der Waals surface area contributed by atoms with Gasteiger partial charge in [0.15, 0.2) is 0 Å². The van der Waals surface area contributed by atoms with Gasteiger partial charge in [0.1, 0.15) is 5.69 Å². The molecule has 0 bridgehead atoms. The number of ether oxygens (including phenoxy) is 1. The summed E-state index contributed by atoms with van der Waals surface area (Å²) in [6.07, 6.45) is 1.65. The van der Waals surface area contributed by atoms with E-state index < -0.39 is 0 Å². The first kappa shape index (κ1) is 13.3. The lowest BCUT2D eigenvalue weighted by Gasteiger charge is -2.20. The van der Waals surface area contributed by atoms with Crippen LogP contribution in [0.15, 0.2) is 12.3 Å². The third kappa shape index (κ3) is 3.09. The van der Waals surface area contributed by atoms with Gasteiger partial charge in [-0.1, -0.05) is 13.8 Å². The van der Waals surface area contributed by atoms with E-state index in [0.29, 0.717) is 11.6 Å². The highest BCUT2D eigenvalue weighted by molar-refractivity contribution is 5.96. The monoisotopic (exact) mass is 237 g/mol. The van der Waals surface area contributed by atoms with Crippen LogP contribution in [-0.2, 0) is 4.79 Å². The molecule has 1 heterocycles. The molecule has 0 radical (unpaired) electrons. The second-order valence-corrected chi connectivity index (χ2v) is 4.25. The van der Waals surface area contributed by atoms with Gasteiger partial charge in [0.2, 0.25) is 11.8 Å². The summed E-state index contributed by atoms with van der Waals surface area (Å²) < 4.78 is 5.16. The Morgan fingerprint density at radius 2 is 2.12 bits per heavy atom. The fraction of sp³-hybridized carbons (Fsp3) is 0.500. The molecular weight excluding hydrogens is 218 g/mol. The van der Waals surface area contributed by atoms with Crippen molar-refractivity contribution >= 4 is 17.3 Å². The Labute approximate surface area is 102 Å². The Kier molecular flexibility index (Phi) is 4.31. The molecule has 17 heavy (non-hydrogen) atoms. The van der Waals surface area contributed by atoms with Crippen LogP contribution in [0.5, 0.6) is 5.88 Å². The van der Waals surface area contributed by atoms with Gasteiger partial charge in [-0.2, -0.15) is 0 Å². The minimum Gasteiger partial charge on any atom is -0.479 e. The third-order valence-corrected chi connectivity index (χ3v) is 2.34. The van der Waals surface area contributed by atoms with Crippen molar-refractivity contribution in [3.63, 3.8) is 0 Å². The number of aromatic nitrogens is 1. The average molecular weight is 237 g/mol. The summed E-state index contributed by atoms with van der Waals surface area (Å²) in [5.74, 6) is 0.277. The van der Waals surface area contributed by atoms with Crippen LogP contribution in [0.4, 0.5) is 11.4 Å². The van der Waals surface area contributed by atoms with E-state index >= 15 is 0 Å². The molecule has 0 aliphatic carbocycles. The van der Waals surface area contributed by atoms with Crippen molar-refractivity contribution in [1.29, 1.82) is 0 Å². The summed E-state index contributed by atoms with van der Waals surface area (Å²) in [5.41, 5.74) is 1.48. The molecule has 0 unspecified atom stereocenters. The van der Waals surface area contributed by atoms with E-state index in [1.165, 1.54) is 7.11 Å². The van der Waals surface area contributed by atoms with Crippen molar-refractivity contribution in [2.75, 3.05) is 31.4 Å². The number of hydrogen-bond acceptors (Lipinski definition) is 4. The molecule has 0 saturated heterocycles. The largest absolute Gasteiger partial charge is 0.479 e. The summed E-state index contributed by atoms with van der Waals surface area (Å²) in [4.78, 5) is 17.7. The molecule has 5 heteroatoms. The van der Waals surface area contributed by atoms with Crippen LogP contribution < -0.4 is 15.0 Å². The molecule has 1 N–H and O–H groups in total. The highest BCUT2D eigenvalue weighted by Crippen LogP contribution is 2.32. The van der Waals surface area contributed by atoms with Gasteiger partial charge in [0, 0.05) is 26.2 Å². The smallest absolute Gasteiger partial charge is 0.239 e. The van der Waals surface area contributed by atoms with Crippen LogP contribution in [0.25, 0.3) is 0 Å². The summed E-state index contributed by atoms with van der Waals surface area (Å²) in [7, 11) is 5.34. The molecule has 0 saturated carbocycles. The molecule has 1 rings (SSSR count). The molecule has 0 aromatic carbocycles. The first-order valence-electron chi connectivity index (χ1n) is 5.48. The van der Waals surface area contributed by atoms with Crippen molar-refractivity contribution < 1.29 is 9.53 Å². The summed E-state index contributed by atoms with van der Waals surface area (Å²) in [5, 5.41) is 2.84. The summed E-state index contributed by atoms with van der Waals surface area (Å²) in [6, 6.07) is 1.83. The van der Waals surface area contributed by atoms with Crippen molar-refractivity contribution in [2.45, 2.75) is 13.8 Å². The minimum atomic E-state index is -0.0880. The molecular formula is C12H19N3O2. The maximum Gasteiger partial charge on any atom is 0.239 e. The van der Waals surface area contributed by atoms with Crippen LogP contribution in [0.3, 0.4) is 0 Å². The fourth-order valence-electron chi connectivity index (χ4n) is 1.35. The Morgan fingerprint density at radius 3 is 2.59 bits per heavy atom. The molecule has 0 aliphatic heterocycles. The molecule has 0 spiro atoms. The molecule has 1 amide bonds. The zero-order valence-corrected chi connectivity index (χ0v) is 10.9. The second-order valence-electron chi connectivity index (χ2n) is 4.25. The molecule has 1 aromatic heterocycles. The molecule has 1 aromatic rings. The Morgan fingerprint density at radius 1 is 1.47 bits per heavy atom. The van der Waals surface area contributed by atoms with Gasteiger partial charge in [-0.3, -0.25) is 4.79 Å². The normalized spacial score (nSPS) is 10.2. The van der Waals surface area contributed by atoms with Crippen LogP contribution >= 0.6 is 0 Å². The van der Waals surface area contributed by atoms with Crippen LogP contribution in [0, 0.1) is 5.92 Å². The van der Waals surface area contributed by atoms with E-state index in [1.807, 2.05) is 38.9 Å². The predicted molar refractivity (Wildman–Crippen MR) is 68.6 cm³/mol. The number of nitrogens with zero attached hydrogens (tertiary/aromatic N) is 2. The van der Waals surface area contributed by atoms with Crippen molar-refractivity contribution in [1.82, 2.24) is 4.98 Å². The van der Waals surface area contributed by atoms with Gasteiger partial charge in [-0.15, -0.1) is 0 Å². The molecule has 5 nitrogen and oxygen atoms in total. The Balaban J connectivity index is 3.13.